The second-order valence-electron chi connectivity index (χ2n) is 7.69. The minimum Gasteiger partial charge on any atom is -0.369 e. The molecule has 1 amide bonds. The molecule has 1 saturated carbocycles. The summed E-state index contributed by atoms with van der Waals surface area (Å²) in [5.74, 6) is 1.06. The summed E-state index contributed by atoms with van der Waals surface area (Å²) in [6.07, 6.45) is 3.02. The maximum absolute atomic E-state index is 13.1. The first kappa shape index (κ1) is 17.8. The van der Waals surface area contributed by atoms with Crippen LogP contribution in [0.2, 0.25) is 0 Å². The fourth-order valence-electron chi connectivity index (χ4n) is 5.18. The first-order valence-electron chi connectivity index (χ1n) is 9.82. The van der Waals surface area contributed by atoms with Gasteiger partial charge in [0.2, 0.25) is 5.91 Å². The van der Waals surface area contributed by atoms with Crippen LogP contribution in [0.1, 0.15) is 37.3 Å². The van der Waals surface area contributed by atoms with Crippen molar-refractivity contribution in [1.82, 2.24) is 4.90 Å². The van der Waals surface area contributed by atoms with Crippen LogP contribution in [0.5, 0.6) is 0 Å². The van der Waals surface area contributed by atoms with E-state index >= 15 is 0 Å². The van der Waals surface area contributed by atoms with Gasteiger partial charge in [0.05, 0.1) is 12.4 Å². The van der Waals surface area contributed by atoms with E-state index in [4.69, 9.17) is 5.73 Å². The molecule has 140 valence electrons. The zero-order valence-electron chi connectivity index (χ0n) is 15.8. The van der Waals surface area contributed by atoms with E-state index in [-0.39, 0.29) is 11.8 Å². The highest BCUT2D eigenvalue weighted by Crippen LogP contribution is 2.48. The van der Waals surface area contributed by atoms with Crippen molar-refractivity contribution >= 4 is 11.7 Å². The van der Waals surface area contributed by atoms with Crippen LogP contribution in [0.4, 0.5) is 0 Å². The summed E-state index contributed by atoms with van der Waals surface area (Å²) in [7, 11) is 0. The van der Waals surface area contributed by atoms with Gasteiger partial charge in [0.1, 0.15) is 5.41 Å². The van der Waals surface area contributed by atoms with Crippen LogP contribution < -0.4 is 5.73 Å². The zero-order valence-corrected chi connectivity index (χ0v) is 15.8. The van der Waals surface area contributed by atoms with Gasteiger partial charge in [-0.1, -0.05) is 60.7 Å². The van der Waals surface area contributed by atoms with E-state index in [0.29, 0.717) is 6.04 Å². The summed E-state index contributed by atoms with van der Waals surface area (Å²) in [6.45, 7) is 3.96. The summed E-state index contributed by atoms with van der Waals surface area (Å²) in [5.41, 5.74) is 7.38. The molecule has 2 aliphatic rings. The maximum Gasteiger partial charge on any atom is 0.232 e. The third-order valence-electron chi connectivity index (χ3n) is 6.40. The predicted molar refractivity (Wildman–Crippen MR) is 109 cm³/mol. The second kappa shape index (κ2) is 7.18. The SMILES string of the molecule is CC1=NCCN1[C@H]1CC[C@@H](C(C(N)=O)(c2ccccc2)c2ccccc2)C1. The molecule has 0 aromatic heterocycles. The number of rotatable bonds is 5. The van der Waals surface area contributed by atoms with Crippen LogP contribution in [-0.2, 0) is 10.2 Å². The van der Waals surface area contributed by atoms with E-state index in [2.05, 4.69) is 16.8 Å². The monoisotopic (exact) mass is 361 g/mol. The average molecular weight is 361 g/mol. The van der Waals surface area contributed by atoms with Gasteiger partial charge in [0.15, 0.2) is 0 Å². The van der Waals surface area contributed by atoms with E-state index < -0.39 is 5.41 Å². The number of hydrogen-bond donors (Lipinski definition) is 1. The Kier molecular flexibility index (Phi) is 4.73. The Morgan fingerprint density at radius 2 is 1.63 bits per heavy atom. The Morgan fingerprint density at radius 3 is 2.11 bits per heavy atom. The molecule has 0 unspecified atom stereocenters. The Hall–Kier alpha value is -2.62. The van der Waals surface area contributed by atoms with E-state index in [1.807, 2.05) is 60.7 Å². The largest absolute Gasteiger partial charge is 0.369 e. The Morgan fingerprint density at radius 1 is 1.04 bits per heavy atom. The van der Waals surface area contributed by atoms with E-state index in [0.717, 1.165) is 49.3 Å². The van der Waals surface area contributed by atoms with Crippen LogP contribution in [0.25, 0.3) is 0 Å². The van der Waals surface area contributed by atoms with Gasteiger partial charge >= 0.3 is 0 Å². The molecule has 1 fully saturated rings. The first-order chi connectivity index (χ1) is 13.1. The van der Waals surface area contributed by atoms with Crippen molar-refractivity contribution in [3.63, 3.8) is 0 Å². The maximum atomic E-state index is 13.1. The van der Waals surface area contributed by atoms with Crippen LogP contribution in [0.3, 0.4) is 0 Å². The van der Waals surface area contributed by atoms with Crippen LogP contribution in [0.15, 0.2) is 65.7 Å². The molecule has 0 radical (unpaired) electrons. The van der Waals surface area contributed by atoms with Gasteiger partial charge in [-0.05, 0) is 43.2 Å². The summed E-state index contributed by atoms with van der Waals surface area (Å²) >= 11 is 0. The Balaban J connectivity index is 1.77. The van der Waals surface area contributed by atoms with Crippen molar-refractivity contribution in [2.45, 2.75) is 37.6 Å². The fraction of sp³-hybridized carbons (Fsp3) is 0.391. The van der Waals surface area contributed by atoms with Crippen LogP contribution >= 0.6 is 0 Å². The quantitative estimate of drug-likeness (QED) is 0.888. The molecular weight excluding hydrogens is 334 g/mol. The number of carbonyl (C=O) groups excluding carboxylic acids is 1. The summed E-state index contributed by atoms with van der Waals surface area (Å²) in [5, 5.41) is 0. The molecule has 0 spiro atoms. The molecule has 2 atom stereocenters. The molecule has 4 heteroatoms. The van der Waals surface area contributed by atoms with Crippen LogP contribution in [-0.4, -0.2) is 35.8 Å². The second-order valence-corrected chi connectivity index (χ2v) is 7.69. The smallest absolute Gasteiger partial charge is 0.232 e. The number of aliphatic imine (C=N–C) groups is 1. The molecule has 2 aromatic carbocycles. The van der Waals surface area contributed by atoms with Crippen molar-refractivity contribution in [2.24, 2.45) is 16.6 Å². The summed E-state index contributed by atoms with van der Waals surface area (Å²) < 4.78 is 0. The van der Waals surface area contributed by atoms with E-state index in [9.17, 15) is 4.79 Å². The predicted octanol–water partition coefficient (Wildman–Crippen LogP) is 3.36. The molecule has 0 bridgehead atoms. The molecular formula is C23H27N3O. The van der Waals surface area contributed by atoms with Gasteiger partial charge in [-0.3, -0.25) is 9.79 Å². The number of nitrogens with two attached hydrogens (primary N) is 1. The number of carbonyl (C=O) groups is 1. The van der Waals surface area contributed by atoms with Gasteiger partial charge in [-0.25, -0.2) is 0 Å². The number of benzene rings is 2. The summed E-state index contributed by atoms with van der Waals surface area (Å²) in [4.78, 5) is 20.1. The van der Waals surface area contributed by atoms with Crippen molar-refractivity contribution in [2.75, 3.05) is 13.1 Å². The minimum absolute atomic E-state index is 0.179. The number of amides is 1. The fourth-order valence-corrected chi connectivity index (χ4v) is 5.18. The third kappa shape index (κ3) is 2.93. The van der Waals surface area contributed by atoms with Crippen LogP contribution in [0, 0.1) is 5.92 Å². The lowest BCUT2D eigenvalue weighted by atomic mass is 9.64. The number of nitrogens with zero attached hydrogens (tertiary/aromatic N) is 2. The van der Waals surface area contributed by atoms with Crippen molar-refractivity contribution in [3.8, 4) is 0 Å². The highest BCUT2D eigenvalue weighted by atomic mass is 16.1. The van der Waals surface area contributed by atoms with Gasteiger partial charge in [-0.2, -0.15) is 0 Å². The zero-order chi connectivity index (χ0) is 18.9. The van der Waals surface area contributed by atoms with Crippen molar-refractivity contribution in [3.05, 3.63) is 71.8 Å². The van der Waals surface area contributed by atoms with Gasteiger partial charge < -0.3 is 10.6 Å². The van der Waals surface area contributed by atoms with Gasteiger partial charge in [0, 0.05) is 12.6 Å². The average Bonchev–Trinajstić information content (AvgIpc) is 3.33. The van der Waals surface area contributed by atoms with Crippen molar-refractivity contribution in [1.29, 1.82) is 0 Å². The van der Waals surface area contributed by atoms with E-state index in [1.165, 1.54) is 0 Å². The Labute approximate surface area is 161 Å². The highest BCUT2D eigenvalue weighted by molar-refractivity contribution is 5.91. The molecule has 0 saturated heterocycles. The Bertz CT molecular complexity index is 792. The normalized spacial score (nSPS) is 22.7. The molecule has 2 N–H and O–H groups in total. The lowest BCUT2D eigenvalue weighted by molar-refractivity contribution is -0.123. The lowest BCUT2D eigenvalue weighted by Gasteiger charge is -2.38. The molecule has 2 aromatic rings. The minimum atomic E-state index is -0.790. The lowest BCUT2D eigenvalue weighted by Crippen LogP contribution is -2.48. The molecule has 4 rings (SSSR count). The number of primary amides is 1. The molecule has 4 nitrogen and oxygen atoms in total. The molecule has 1 heterocycles. The number of amidine groups is 1. The van der Waals surface area contributed by atoms with E-state index in [1.54, 1.807) is 0 Å². The topological polar surface area (TPSA) is 58.7 Å². The van der Waals surface area contributed by atoms with Gasteiger partial charge in [-0.15, -0.1) is 0 Å². The summed E-state index contributed by atoms with van der Waals surface area (Å²) in [6, 6.07) is 20.6. The third-order valence-corrected chi connectivity index (χ3v) is 6.40. The van der Waals surface area contributed by atoms with Crippen molar-refractivity contribution < 1.29 is 4.79 Å². The molecule has 1 aliphatic heterocycles. The standard InChI is InChI=1S/C23H27N3O/c1-17-25-14-15-26(17)21-13-12-20(16-21)23(22(24)27,18-8-4-2-5-9-18)19-10-6-3-7-11-19/h2-11,20-21H,12-16H2,1H3,(H2,24,27)/t20-,21+/m1/s1. The molecule has 27 heavy (non-hydrogen) atoms. The molecule has 1 aliphatic carbocycles. The highest BCUT2D eigenvalue weighted by Gasteiger charge is 2.50. The number of hydrogen-bond acceptors (Lipinski definition) is 3. The van der Waals surface area contributed by atoms with Gasteiger partial charge in [0.25, 0.3) is 0 Å². The first-order valence-corrected chi connectivity index (χ1v) is 9.82.